The molecule has 0 saturated carbocycles. The van der Waals surface area contributed by atoms with Crippen LogP contribution in [0, 0.1) is 0 Å². The molecule has 1 aromatic heterocycles. The number of ether oxygens (including phenoxy) is 2. The molecule has 1 amide bonds. The Kier molecular flexibility index (Phi) is 4.16. The van der Waals surface area contributed by atoms with Gasteiger partial charge in [-0.05, 0) is 29.0 Å². The summed E-state index contributed by atoms with van der Waals surface area (Å²) in [6.45, 7) is 2.14. The van der Waals surface area contributed by atoms with Crippen LogP contribution in [0.25, 0.3) is 0 Å². The highest BCUT2D eigenvalue weighted by atomic mass is 32.1. The fourth-order valence-electron chi connectivity index (χ4n) is 3.36. The van der Waals surface area contributed by atoms with Crippen LogP contribution >= 0.6 is 11.3 Å². The number of carbonyl (C=O) groups is 1. The van der Waals surface area contributed by atoms with Gasteiger partial charge in [0.15, 0.2) is 6.10 Å². The van der Waals surface area contributed by atoms with Crippen molar-refractivity contribution < 1.29 is 14.3 Å². The molecule has 0 bridgehead atoms. The molecule has 0 radical (unpaired) electrons. The molecule has 0 aliphatic carbocycles. The van der Waals surface area contributed by atoms with E-state index < -0.39 is 6.10 Å². The zero-order chi connectivity index (χ0) is 15.6. The third-order valence-electron chi connectivity index (χ3n) is 4.46. The smallest absolute Gasteiger partial charge is 0.254 e. The molecule has 2 atom stereocenters. The van der Waals surface area contributed by atoms with Gasteiger partial charge >= 0.3 is 0 Å². The first-order valence-electron chi connectivity index (χ1n) is 7.95. The van der Waals surface area contributed by atoms with Gasteiger partial charge in [0.25, 0.3) is 5.91 Å². The monoisotopic (exact) mass is 329 g/mol. The molecule has 0 N–H and O–H groups in total. The maximum Gasteiger partial charge on any atom is 0.254 e. The summed E-state index contributed by atoms with van der Waals surface area (Å²) in [6.07, 6.45) is 0.436. The third-order valence-corrected chi connectivity index (χ3v) is 5.45. The summed E-state index contributed by atoms with van der Waals surface area (Å²) in [4.78, 5) is 16.3. The Morgan fingerprint density at radius 3 is 2.83 bits per heavy atom. The van der Waals surface area contributed by atoms with Gasteiger partial charge in [-0.1, -0.05) is 30.3 Å². The van der Waals surface area contributed by atoms with E-state index in [1.54, 1.807) is 11.3 Å². The van der Waals surface area contributed by atoms with Crippen LogP contribution < -0.4 is 0 Å². The Labute approximate surface area is 139 Å². The minimum absolute atomic E-state index is 0.0239. The summed E-state index contributed by atoms with van der Waals surface area (Å²) in [5.41, 5.74) is 2.40. The van der Waals surface area contributed by atoms with E-state index in [9.17, 15) is 4.79 Å². The highest BCUT2D eigenvalue weighted by Crippen LogP contribution is 2.38. The predicted molar refractivity (Wildman–Crippen MR) is 88.6 cm³/mol. The Hall–Kier alpha value is -1.69. The Bertz CT molecular complexity index is 679. The molecule has 2 aliphatic heterocycles. The van der Waals surface area contributed by atoms with Gasteiger partial charge in [-0.25, -0.2) is 0 Å². The molecule has 1 aromatic carbocycles. The van der Waals surface area contributed by atoms with E-state index in [2.05, 4.69) is 23.6 Å². The second-order valence-electron chi connectivity index (χ2n) is 5.83. The second-order valence-corrected chi connectivity index (χ2v) is 6.83. The maximum atomic E-state index is 13.0. The zero-order valence-electron chi connectivity index (χ0n) is 12.8. The van der Waals surface area contributed by atoms with E-state index in [1.807, 2.05) is 23.1 Å². The van der Waals surface area contributed by atoms with Crippen molar-refractivity contribution in [2.75, 3.05) is 26.4 Å². The summed E-state index contributed by atoms with van der Waals surface area (Å²) < 4.78 is 11.1. The number of rotatable bonds is 2. The van der Waals surface area contributed by atoms with E-state index in [-0.39, 0.29) is 11.9 Å². The molecule has 120 valence electrons. The van der Waals surface area contributed by atoms with Gasteiger partial charge in [0, 0.05) is 11.4 Å². The minimum Gasteiger partial charge on any atom is -0.376 e. The average Bonchev–Trinajstić information content (AvgIpc) is 3.10. The summed E-state index contributed by atoms with van der Waals surface area (Å²) in [5.74, 6) is 0.0374. The number of hydrogen-bond acceptors (Lipinski definition) is 4. The lowest BCUT2D eigenvalue weighted by Gasteiger charge is -2.38. The Morgan fingerprint density at radius 1 is 1.17 bits per heavy atom. The van der Waals surface area contributed by atoms with Gasteiger partial charge in [0.05, 0.1) is 25.9 Å². The number of carbonyl (C=O) groups excluding carboxylic acids is 1. The largest absolute Gasteiger partial charge is 0.376 e. The molecule has 4 rings (SSSR count). The van der Waals surface area contributed by atoms with Gasteiger partial charge in [-0.2, -0.15) is 0 Å². The summed E-state index contributed by atoms with van der Waals surface area (Å²) >= 11 is 1.78. The van der Waals surface area contributed by atoms with Crippen LogP contribution in [0.5, 0.6) is 0 Å². The Balaban J connectivity index is 1.69. The molecule has 3 heterocycles. The molecular formula is C18H19NO3S. The van der Waals surface area contributed by atoms with Crippen LogP contribution in [0.3, 0.4) is 0 Å². The zero-order valence-corrected chi connectivity index (χ0v) is 13.6. The van der Waals surface area contributed by atoms with Crippen molar-refractivity contribution in [2.45, 2.75) is 18.6 Å². The molecule has 0 unspecified atom stereocenters. The van der Waals surface area contributed by atoms with Crippen LogP contribution in [0.4, 0.5) is 0 Å². The molecule has 4 nitrogen and oxygen atoms in total. The average molecular weight is 329 g/mol. The fourth-order valence-corrected chi connectivity index (χ4v) is 4.27. The van der Waals surface area contributed by atoms with E-state index in [0.29, 0.717) is 19.8 Å². The van der Waals surface area contributed by atoms with Crippen molar-refractivity contribution in [3.05, 3.63) is 57.8 Å². The number of benzene rings is 1. The van der Waals surface area contributed by atoms with Crippen molar-refractivity contribution in [3.8, 4) is 0 Å². The van der Waals surface area contributed by atoms with Gasteiger partial charge < -0.3 is 14.4 Å². The van der Waals surface area contributed by atoms with Crippen molar-refractivity contribution >= 4 is 17.2 Å². The number of hydrogen-bond donors (Lipinski definition) is 0. The Morgan fingerprint density at radius 2 is 2.04 bits per heavy atom. The lowest BCUT2D eigenvalue weighted by molar-refractivity contribution is -0.160. The predicted octanol–water partition coefficient (Wildman–Crippen LogP) is 2.64. The van der Waals surface area contributed by atoms with Crippen molar-refractivity contribution in [2.24, 2.45) is 0 Å². The van der Waals surface area contributed by atoms with Crippen LogP contribution in [0.1, 0.15) is 22.0 Å². The second kappa shape index (κ2) is 6.43. The van der Waals surface area contributed by atoms with Crippen molar-refractivity contribution in [1.82, 2.24) is 4.90 Å². The van der Waals surface area contributed by atoms with Crippen LogP contribution in [0.15, 0.2) is 41.8 Å². The molecule has 23 heavy (non-hydrogen) atoms. The number of nitrogens with zero attached hydrogens (tertiary/aromatic N) is 1. The fraction of sp³-hybridized carbons (Fsp3) is 0.389. The van der Waals surface area contributed by atoms with Gasteiger partial charge in [-0.3, -0.25) is 4.79 Å². The minimum atomic E-state index is -0.477. The highest BCUT2D eigenvalue weighted by Gasteiger charge is 2.36. The lowest BCUT2D eigenvalue weighted by atomic mass is 9.93. The van der Waals surface area contributed by atoms with E-state index in [4.69, 9.17) is 9.47 Å². The first kappa shape index (κ1) is 14.9. The van der Waals surface area contributed by atoms with E-state index >= 15 is 0 Å². The van der Waals surface area contributed by atoms with Crippen LogP contribution in [-0.4, -0.2) is 43.3 Å². The molecular weight excluding hydrogens is 310 g/mol. The summed E-state index contributed by atoms with van der Waals surface area (Å²) in [7, 11) is 0. The topological polar surface area (TPSA) is 38.8 Å². The van der Waals surface area contributed by atoms with Crippen LogP contribution in [-0.2, 0) is 20.7 Å². The number of fused-ring (bicyclic) bond motifs is 1. The van der Waals surface area contributed by atoms with Crippen molar-refractivity contribution in [3.63, 3.8) is 0 Å². The molecule has 0 spiro atoms. The first-order chi connectivity index (χ1) is 11.3. The third kappa shape index (κ3) is 2.80. The molecule has 2 aromatic rings. The van der Waals surface area contributed by atoms with E-state index in [0.717, 1.165) is 18.5 Å². The summed E-state index contributed by atoms with van der Waals surface area (Å²) in [5, 5.41) is 2.12. The van der Waals surface area contributed by atoms with Crippen LogP contribution in [0.2, 0.25) is 0 Å². The molecule has 1 saturated heterocycles. The molecule has 1 fully saturated rings. The maximum absolute atomic E-state index is 13.0. The highest BCUT2D eigenvalue weighted by molar-refractivity contribution is 7.10. The normalized spacial score (nSPS) is 24.3. The van der Waals surface area contributed by atoms with Crippen molar-refractivity contribution in [1.29, 1.82) is 0 Å². The lowest BCUT2D eigenvalue weighted by Crippen LogP contribution is -2.49. The van der Waals surface area contributed by atoms with Gasteiger partial charge in [0.2, 0.25) is 0 Å². The van der Waals surface area contributed by atoms with Gasteiger partial charge in [-0.15, -0.1) is 11.3 Å². The SMILES string of the molecule is O=C([C@@H]1COCCO1)N1CCc2sccc2[C@H]1c1ccccc1. The van der Waals surface area contributed by atoms with E-state index in [1.165, 1.54) is 10.4 Å². The standard InChI is InChI=1S/C18H19NO3S/c20-18(15-12-21-9-10-22-15)19-8-6-16-14(7-11-23-16)17(19)13-4-2-1-3-5-13/h1-5,7,11,15,17H,6,8-10,12H2/t15-,17+/m0/s1. The first-order valence-corrected chi connectivity index (χ1v) is 8.83. The number of thiophene rings is 1. The molecule has 2 aliphatic rings. The number of amides is 1. The van der Waals surface area contributed by atoms with Gasteiger partial charge in [0.1, 0.15) is 0 Å². The summed E-state index contributed by atoms with van der Waals surface area (Å²) in [6, 6.07) is 12.4. The molecule has 5 heteroatoms. The quantitative estimate of drug-likeness (QED) is 0.850.